The van der Waals surface area contributed by atoms with Gasteiger partial charge in [0.2, 0.25) is 0 Å². The number of esters is 1. The summed E-state index contributed by atoms with van der Waals surface area (Å²) in [7, 11) is 1.35. The lowest BCUT2D eigenvalue weighted by Crippen LogP contribution is -2.01. The quantitative estimate of drug-likeness (QED) is 0.792. The number of carbonyl (C=O) groups is 1. The highest BCUT2D eigenvalue weighted by molar-refractivity contribution is 9.10. The van der Waals surface area contributed by atoms with Gasteiger partial charge in [0.05, 0.1) is 18.7 Å². The lowest BCUT2D eigenvalue weighted by Gasteiger charge is -2.04. The maximum atomic E-state index is 11.2. The van der Waals surface area contributed by atoms with Gasteiger partial charge in [0.15, 0.2) is 0 Å². The molecule has 4 heteroatoms. The summed E-state index contributed by atoms with van der Waals surface area (Å²) in [6, 6.07) is 7.31. The molecule has 0 aliphatic carbocycles. The van der Waals surface area contributed by atoms with E-state index >= 15 is 0 Å². The van der Waals surface area contributed by atoms with Gasteiger partial charge in [-0.15, -0.1) is 0 Å². The van der Waals surface area contributed by atoms with Crippen molar-refractivity contribution >= 4 is 21.9 Å². The van der Waals surface area contributed by atoms with Crippen LogP contribution in [0.3, 0.4) is 0 Å². The molecule has 0 N–H and O–H groups in total. The number of methoxy groups -OCH3 is 1. The van der Waals surface area contributed by atoms with E-state index in [1.54, 1.807) is 12.1 Å². The summed E-state index contributed by atoms with van der Waals surface area (Å²) in [4.78, 5) is 11.2. The van der Waals surface area contributed by atoms with Crippen molar-refractivity contribution in [1.82, 2.24) is 0 Å². The molecule has 0 saturated heterocycles. The monoisotopic (exact) mass is 267 g/mol. The van der Waals surface area contributed by atoms with Crippen LogP contribution in [0, 0.1) is 11.3 Å². The van der Waals surface area contributed by atoms with E-state index in [2.05, 4.69) is 26.7 Å². The summed E-state index contributed by atoms with van der Waals surface area (Å²) >= 11 is 3.36. The Labute approximate surface area is 96.8 Å². The molecule has 0 atom stereocenters. The van der Waals surface area contributed by atoms with Gasteiger partial charge in [-0.3, -0.25) is 0 Å². The van der Waals surface area contributed by atoms with Crippen LogP contribution >= 0.6 is 15.9 Å². The van der Waals surface area contributed by atoms with Crippen LogP contribution in [0.4, 0.5) is 0 Å². The maximum absolute atomic E-state index is 11.2. The van der Waals surface area contributed by atoms with Gasteiger partial charge in [0, 0.05) is 10.9 Å². The van der Waals surface area contributed by atoms with Crippen molar-refractivity contribution in [2.24, 2.45) is 0 Å². The van der Waals surface area contributed by atoms with Crippen molar-refractivity contribution < 1.29 is 9.53 Å². The Morgan fingerprint density at radius 2 is 2.33 bits per heavy atom. The molecule has 1 aromatic carbocycles. The van der Waals surface area contributed by atoms with Gasteiger partial charge in [-0.25, -0.2) is 4.79 Å². The molecular formula is C11H10BrNO2. The highest BCUT2D eigenvalue weighted by Gasteiger charge is 2.07. The average molecular weight is 268 g/mol. The minimum absolute atomic E-state index is 0.359. The number of hydrogen-bond donors (Lipinski definition) is 0. The van der Waals surface area contributed by atoms with E-state index in [0.29, 0.717) is 18.4 Å². The highest BCUT2D eigenvalue weighted by Crippen LogP contribution is 2.20. The van der Waals surface area contributed by atoms with Gasteiger partial charge in [-0.05, 0) is 24.1 Å². The maximum Gasteiger partial charge on any atom is 0.337 e. The molecule has 0 bridgehead atoms. The first-order chi connectivity index (χ1) is 7.19. The summed E-state index contributed by atoms with van der Waals surface area (Å²) in [5, 5.41) is 8.46. The zero-order valence-electron chi connectivity index (χ0n) is 8.29. The first-order valence-electron chi connectivity index (χ1n) is 4.42. The number of nitrogens with zero attached hydrogens (tertiary/aromatic N) is 1. The molecule has 0 amide bonds. The minimum atomic E-state index is -0.359. The van der Waals surface area contributed by atoms with Crippen molar-refractivity contribution in [3.8, 4) is 6.07 Å². The molecule has 3 nitrogen and oxygen atoms in total. The molecule has 0 aliphatic heterocycles. The number of aryl methyl sites for hydroxylation is 1. The number of carbonyl (C=O) groups excluding carboxylic acids is 1. The third-order valence-corrected chi connectivity index (χ3v) is 2.72. The molecule has 0 spiro atoms. The molecule has 0 aliphatic rings. The summed E-state index contributed by atoms with van der Waals surface area (Å²) in [6.07, 6.45) is 1.15. The van der Waals surface area contributed by atoms with Gasteiger partial charge < -0.3 is 4.74 Å². The van der Waals surface area contributed by atoms with E-state index < -0.39 is 0 Å². The van der Waals surface area contributed by atoms with E-state index in [1.807, 2.05) is 6.07 Å². The van der Waals surface area contributed by atoms with Crippen LogP contribution in [0.15, 0.2) is 22.7 Å². The molecule has 15 heavy (non-hydrogen) atoms. The smallest absolute Gasteiger partial charge is 0.337 e. The first-order valence-corrected chi connectivity index (χ1v) is 5.22. The summed E-state index contributed by atoms with van der Waals surface area (Å²) < 4.78 is 5.43. The Morgan fingerprint density at radius 1 is 1.60 bits per heavy atom. The largest absolute Gasteiger partial charge is 0.465 e. The molecular weight excluding hydrogens is 258 g/mol. The number of nitriles is 1. The fourth-order valence-corrected chi connectivity index (χ4v) is 1.76. The van der Waals surface area contributed by atoms with Crippen molar-refractivity contribution in [3.63, 3.8) is 0 Å². The summed E-state index contributed by atoms with van der Waals surface area (Å²) in [5.74, 6) is -0.359. The summed E-state index contributed by atoms with van der Waals surface area (Å²) in [5.41, 5.74) is 1.52. The summed E-state index contributed by atoms with van der Waals surface area (Å²) in [6.45, 7) is 0. The highest BCUT2D eigenvalue weighted by atomic mass is 79.9. The van der Waals surface area contributed by atoms with E-state index in [1.165, 1.54) is 7.11 Å². The Morgan fingerprint density at radius 3 is 2.87 bits per heavy atom. The number of benzene rings is 1. The predicted molar refractivity (Wildman–Crippen MR) is 59.4 cm³/mol. The molecule has 1 rings (SSSR count). The second kappa shape index (κ2) is 5.52. The fourth-order valence-electron chi connectivity index (χ4n) is 1.19. The second-order valence-electron chi connectivity index (χ2n) is 2.96. The van der Waals surface area contributed by atoms with Crippen LogP contribution < -0.4 is 0 Å². The number of hydrogen-bond acceptors (Lipinski definition) is 3. The average Bonchev–Trinajstić information content (AvgIpc) is 2.26. The zero-order valence-corrected chi connectivity index (χ0v) is 9.87. The van der Waals surface area contributed by atoms with Gasteiger partial charge in [0.1, 0.15) is 0 Å². The van der Waals surface area contributed by atoms with Gasteiger partial charge in [-0.2, -0.15) is 5.26 Å². The Bertz CT molecular complexity index is 410. The van der Waals surface area contributed by atoms with Gasteiger partial charge in [-0.1, -0.05) is 22.0 Å². The lowest BCUT2D eigenvalue weighted by molar-refractivity contribution is 0.0600. The zero-order chi connectivity index (χ0) is 11.3. The van der Waals surface area contributed by atoms with Crippen LogP contribution in [-0.2, 0) is 11.2 Å². The topological polar surface area (TPSA) is 50.1 Å². The van der Waals surface area contributed by atoms with Crippen LogP contribution in [0.25, 0.3) is 0 Å². The van der Waals surface area contributed by atoms with Gasteiger partial charge >= 0.3 is 5.97 Å². The van der Waals surface area contributed by atoms with E-state index in [4.69, 9.17) is 5.26 Å². The Hall–Kier alpha value is -1.34. The fraction of sp³-hybridized carbons (Fsp3) is 0.273. The number of ether oxygens (including phenoxy) is 1. The molecule has 0 unspecified atom stereocenters. The molecule has 0 fully saturated rings. The Balaban J connectivity index is 2.89. The molecule has 0 radical (unpaired) electrons. The molecule has 1 aromatic rings. The van der Waals surface area contributed by atoms with E-state index in [-0.39, 0.29) is 5.97 Å². The van der Waals surface area contributed by atoms with E-state index in [0.717, 1.165) is 10.0 Å². The SMILES string of the molecule is COC(=O)c1ccc(CCC#N)c(Br)c1. The predicted octanol–water partition coefficient (Wildman–Crippen LogP) is 2.69. The van der Waals surface area contributed by atoms with Crippen molar-refractivity contribution in [3.05, 3.63) is 33.8 Å². The third kappa shape index (κ3) is 3.07. The van der Waals surface area contributed by atoms with Crippen molar-refractivity contribution in [2.75, 3.05) is 7.11 Å². The van der Waals surface area contributed by atoms with Crippen LogP contribution in [0.5, 0.6) is 0 Å². The normalized spacial score (nSPS) is 9.40. The molecule has 0 saturated carbocycles. The van der Waals surface area contributed by atoms with Gasteiger partial charge in [0.25, 0.3) is 0 Å². The minimum Gasteiger partial charge on any atom is -0.465 e. The van der Waals surface area contributed by atoms with Crippen LogP contribution in [0.2, 0.25) is 0 Å². The molecule has 0 heterocycles. The van der Waals surface area contributed by atoms with Crippen molar-refractivity contribution in [1.29, 1.82) is 5.26 Å². The number of halogens is 1. The molecule has 78 valence electrons. The first kappa shape index (κ1) is 11.7. The van der Waals surface area contributed by atoms with Crippen molar-refractivity contribution in [2.45, 2.75) is 12.8 Å². The molecule has 0 aromatic heterocycles. The number of rotatable bonds is 3. The van der Waals surface area contributed by atoms with Crippen LogP contribution in [0.1, 0.15) is 22.3 Å². The Kier molecular flexibility index (Phi) is 4.32. The second-order valence-corrected chi connectivity index (χ2v) is 3.81. The third-order valence-electron chi connectivity index (χ3n) is 1.98. The van der Waals surface area contributed by atoms with E-state index in [9.17, 15) is 4.79 Å². The lowest BCUT2D eigenvalue weighted by atomic mass is 10.1. The standard InChI is InChI=1S/C11H10BrNO2/c1-15-11(14)9-5-4-8(3-2-6-13)10(12)7-9/h4-5,7H,2-3H2,1H3. The van der Waals surface area contributed by atoms with Crippen LogP contribution in [-0.4, -0.2) is 13.1 Å².